The molecule has 0 unspecified atom stereocenters. The number of nitrogens with zero attached hydrogens (tertiary/aromatic N) is 2. The summed E-state index contributed by atoms with van der Waals surface area (Å²) in [7, 11) is 0. The van der Waals surface area contributed by atoms with E-state index in [1.165, 1.54) is 25.3 Å². The first-order valence-electron chi connectivity index (χ1n) is 6.85. The van der Waals surface area contributed by atoms with Crippen LogP contribution >= 0.6 is 0 Å². The number of nitro groups is 1. The smallest absolute Gasteiger partial charge is 0.295 e. The van der Waals surface area contributed by atoms with Gasteiger partial charge in [-0.3, -0.25) is 10.1 Å². The van der Waals surface area contributed by atoms with Gasteiger partial charge < -0.3 is 5.32 Å². The number of fused-ring (bicyclic) bond motifs is 1. The Morgan fingerprint density at radius 3 is 2.85 bits per heavy atom. The first kappa shape index (κ1) is 12.8. The molecule has 0 spiro atoms. The van der Waals surface area contributed by atoms with E-state index in [4.69, 9.17) is 0 Å². The summed E-state index contributed by atoms with van der Waals surface area (Å²) in [6, 6.07) is 6.96. The zero-order valence-corrected chi connectivity index (χ0v) is 11.4. The Hall–Kier alpha value is -2.17. The van der Waals surface area contributed by atoms with Crippen molar-refractivity contribution in [1.82, 2.24) is 4.98 Å². The molecule has 0 radical (unpaired) electrons. The molecular weight excluding hydrogens is 254 g/mol. The van der Waals surface area contributed by atoms with E-state index in [0.717, 1.165) is 17.6 Å². The van der Waals surface area contributed by atoms with Gasteiger partial charge in [0.05, 0.1) is 4.92 Å². The van der Waals surface area contributed by atoms with Crippen LogP contribution in [0.4, 0.5) is 11.4 Å². The summed E-state index contributed by atoms with van der Waals surface area (Å²) < 4.78 is 0. The van der Waals surface area contributed by atoms with Crippen molar-refractivity contribution < 1.29 is 4.92 Å². The predicted molar refractivity (Wildman–Crippen MR) is 78.8 cm³/mol. The maximum absolute atomic E-state index is 11.0. The summed E-state index contributed by atoms with van der Waals surface area (Å²) in [6.07, 6.45) is 5.40. The molecule has 1 fully saturated rings. The molecule has 0 atom stereocenters. The number of rotatable bonds is 4. The molecule has 1 aromatic carbocycles. The molecule has 5 nitrogen and oxygen atoms in total. The summed E-state index contributed by atoms with van der Waals surface area (Å²) >= 11 is 0. The van der Waals surface area contributed by atoms with Gasteiger partial charge in [-0.15, -0.1) is 0 Å². The first-order valence-corrected chi connectivity index (χ1v) is 6.85. The van der Waals surface area contributed by atoms with Gasteiger partial charge in [0.1, 0.15) is 5.52 Å². The van der Waals surface area contributed by atoms with E-state index in [2.05, 4.69) is 17.2 Å². The van der Waals surface area contributed by atoms with Crippen LogP contribution in [0.1, 0.15) is 26.2 Å². The predicted octanol–water partition coefficient (Wildman–Crippen LogP) is 3.75. The van der Waals surface area contributed by atoms with E-state index in [9.17, 15) is 10.1 Å². The number of hydrogen-bond acceptors (Lipinski definition) is 4. The molecule has 3 rings (SSSR count). The van der Waals surface area contributed by atoms with Crippen molar-refractivity contribution in [2.24, 2.45) is 5.41 Å². The molecule has 0 bridgehead atoms. The topological polar surface area (TPSA) is 68.1 Å². The largest absolute Gasteiger partial charge is 0.384 e. The minimum absolute atomic E-state index is 0.0565. The molecule has 1 aromatic heterocycles. The number of nitro benzene ring substituents is 1. The average molecular weight is 271 g/mol. The number of hydrogen-bond donors (Lipinski definition) is 1. The highest BCUT2D eigenvalue weighted by Gasteiger charge is 2.31. The Bertz CT molecular complexity index is 665. The summed E-state index contributed by atoms with van der Waals surface area (Å²) in [5.41, 5.74) is 1.78. The van der Waals surface area contributed by atoms with Crippen molar-refractivity contribution in [2.75, 3.05) is 11.9 Å². The second-order valence-electron chi connectivity index (χ2n) is 5.81. The van der Waals surface area contributed by atoms with Crippen LogP contribution in [0.3, 0.4) is 0 Å². The second kappa shape index (κ2) is 4.74. The maximum atomic E-state index is 11.0. The molecule has 1 heterocycles. The van der Waals surface area contributed by atoms with Crippen LogP contribution in [0.25, 0.3) is 10.9 Å². The van der Waals surface area contributed by atoms with Crippen LogP contribution in [-0.4, -0.2) is 16.5 Å². The molecule has 1 saturated carbocycles. The van der Waals surface area contributed by atoms with Gasteiger partial charge >= 0.3 is 0 Å². The van der Waals surface area contributed by atoms with Crippen LogP contribution in [0.2, 0.25) is 0 Å². The van der Waals surface area contributed by atoms with Gasteiger partial charge in [0, 0.05) is 29.9 Å². The number of aromatic nitrogens is 1. The van der Waals surface area contributed by atoms with E-state index >= 15 is 0 Å². The van der Waals surface area contributed by atoms with Gasteiger partial charge in [0.2, 0.25) is 0 Å². The molecular formula is C15H17N3O2. The molecule has 1 N–H and O–H groups in total. The minimum atomic E-state index is -0.383. The van der Waals surface area contributed by atoms with Crippen molar-refractivity contribution in [2.45, 2.75) is 26.2 Å². The number of para-hydroxylation sites is 1. The Labute approximate surface area is 117 Å². The van der Waals surface area contributed by atoms with Crippen molar-refractivity contribution in [3.8, 4) is 0 Å². The van der Waals surface area contributed by atoms with Crippen molar-refractivity contribution in [3.63, 3.8) is 0 Å². The molecule has 0 amide bonds. The lowest BCUT2D eigenvalue weighted by atomic mass is 9.70. The molecule has 5 heteroatoms. The molecule has 0 saturated heterocycles. The lowest BCUT2D eigenvalue weighted by Gasteiger charge is -2.38. The molecule has 2 aromatic rings. The molecule has 0 aliphatic heterocycles. The molecule has 104 valence electrons. The fraction of sp³-hybridized carbons (Fsp3) is 0.400. The number of benzene rings is 1. The third-order valence-corrected chi connectivity index (χ3v) is 4.21. The van der Waals surface area contributed by atoms with Gasteiger partial charge in [0.15, 0.2) is 0 Å². The Morgan fingerprint density at radius 1 is 1.40 bits per heavy atom. The quantitative estimate of drug-likeness (QED) is 0.679. The Kier molecular flexibility index (Phi) is 3.04. The third kappa shape index (κ3) is 2.19. The third-order valence-electron chi connectivity index (χ3n) is 4.21. The highest BCUT2D eigenvalue weighted by molar-refractivity contribution is 5.96. The van der Waals surface area contributed by atoms with Crippen molar-refractivity contribution in [1.29, 1.82) is 0 Å². The summed E-state index contributed by atoms with van der Waals surface area (Å²) in [5.74, 6) is 0. The summed E-state index contributed by atoms with van der Waals surface area (Å²) in [5, 5.41) is 15.3. The van der Waals surface area contributed by atoms with Gasteiger partial charge in [-0.2, -0.15) is 0 Å². The SMILES string of the molecule is CC1(CNc2ccnc3c([N+](=O)[O-])cccc23)CCC1. The van der Waals surface area contributed by atoms with E-state index in [-0.39, 0.29) is 10.6 Å². The van der Waals surface area contributed by atoms with Crippen molar-refractivity contribution >= 4 is 22.3 Å². The van der Waals surface area contributed by atoms with Crippen LogP contribution in [0, 0.1) is 15.5 Å². The molecule has 1 aliphatic rings. The van der Waals surface area contributed by atoms with E-state index < -0.39 is 0 Å². The highest BCUT2D eigenvalue weighted by Crippen LogP contribution is 2.40. The molecule has 1 aliphatic carbocycles. The normalized spacial score (nSPS) is 16.6. The highest BCUT2D eigenvalue weighted by atomic mass is 16.6. The van der Waals surface area contributed by atoms with E-state index in [0.29, 0.717) is 10.9 Å². The second-order valence-corrected chi connectivity index (χ2v) is 5.81. The lowest BCUT2D eigenvalue weighted by molar-refractivity contribution is -0.383. The first-order chi connectivity index (χ1) is 9.59. The van der Waals surface area contributed by atoms with Gasteiger partial charge in [-0.25, -0.2) is 4.98 Å². The van der Waals surface area contributed by atoms with Gasteiger partial charge in [0.25, 0.3) is 5.69 Å². The van der Waals surface area contributed by atoms with Gasteiger partial charge in [-0.05, 0) is 24.3 Å². The number of pyridine rings is 1. The Morgan fingerprint density at radius 2 is 2.20 bits per heavy atom. The van der Waals surface area contributed by atoms with Crippen LogP contribution in [0.15, 0.2) is 30.5 Å². The lowest BCUT2D eigenvalue weighted by Crippen LogP contribution is -2.33. The standard InChI is InChI=1S/C15H17N3O2/c1-15(7-3-8-15)10-17-12-6-9-16-14-11(12)4-2-5-13(14)18(19)20/h2,4-6,9H,3,7-8,10H2,1H3,(H,16,17). The Balaban J connectivity index is 1.95. The summed E-state index contributed by atoms with van der Waals surface area (Å²) in [6.45, 7) is 3.17. The van der Waals surface area contributed by atoms with E-state index in [1.807, 2.05) is 12.1 Å². The number of nitrogens with one attached hydrogen (secondary N) is 1. The average Bonchev–Trinajstić information content (AvgIpc) is 2.42. The van der Waals surface area contributed by atoms with Crippen LogP contribution in [0.5, 0.6) is 0 Å². The fourth-order valence-corrected chi connectivity index (χ4v) is 2.73. The van der Waals surface area contributed by atoms with E-state index in [1.54, 1.807) is 12.3 Å². The van der Waals surface area contributed by atoms with Crippen LogP contribution < -0.4 is 5.32 Å². The summed E-state index contributed by atoms with van der Waals surface area (Å²) in [4.78, 5) is 14.8. The molecule has 20 heavy (non-hydrogen) atoms. The maximum Gasteiger partial charge on any atom is 0.295 e. The zero-order chi connectivity index (χ0) is 14.2. The number of anilines is 1. The minimum Gasteiger partial charge on any atom is -0.384 e. The monoisotopic (exact) mass is 271 g/mol. The fourth-order valence-electron chi connectivity index (χ4n) is 2.73. The zero-order valence-electron chi connectivity index (χ0n) is 11.4. The van der Waals surface area contributed by atoms with Crippen molar-refractivity contribution in [3.05, 3.63) is 40.6 Å². The van der Waals surface area contributed by atoms with Gasteiger partial charge in [-0.1, -0.05) is 25.5 Å². The number of non-ortho nitro benzene ring substituents is 1. The van der Waals surface area contributed by atoms with Crippen LogP contribution in [-0.2, 0) is 0 Å².